The summed E-state index contributed by atoms with van der Waals surface area (Å²) >= 11 is 0. The van der Waals surface area contributed by atoms with E-state index in [0.29, 0.717) is 17.9 Å². The normalized spacial score (nSPS) is 17.7. The Labute approximate surface area is 87.3 Å². The second-order valence-corrected chi connectivity index (χ2v) is 3.47. The Kier molecular flexibility index (Phi) is 1.65. The van der Waals surface area contributed by atoms with Crippen molar-refractivity contribution in [2.24, 2.45) is 0 Å². The average Bonchev–Trinajstić information content (AvgIpc) is 2.69. The third kappa shape index (κ3) is 1.16. The van der Waals surface area contributed by atoms with E-state index in [2.05, 4.69) is 0 Å². The molecule has 0 radical (unpaired) electrons. The molecule has 3 rings (SSSR count). The van der Waals surface area contributed by atoms with E-state index < -0.39 is 0 Å². The highest BCUT2D eigenvalue weighted by Crippen LogP contribution is 2.27. The van der Waals surface area contributed by atoms with E-state index in [9.17, 15) is 4.79 Å². The molecule has 0 bridgehead atoms. The number of amides is 1. The van der Waals surface area contributed by atoms with Crippen molar-refractivity contribution in [3.05, 3.63) is 53.9 Å². The predicted octanol–water partition coefficient (Wildman–Crippen LogP) is 1.93. The van der Waals surface area contributed by atoms with Crippen molar-refractivity contribution in [2.45, 2.75) is 0 Å². The first-order valence-electron chi connectivity index (χ1n) is 4.80. The van der Waals surface area contributed by atoms with Crippen LogP contribution in [0.3, 0.4) is 0 Å². The van der Waals surface area contributed by atoms with Gasteiger partial charge in [0.1, 0.15) is 12.0 Å². The maximum Gasteiger partial charge on any atom is 0.262 e. The van der Waals surface area contributed by atoms with Gasteiger partial charge >= 0.3 is 0 Å². The van der Waals surface area contributed by atoms with Gasteiger partial charge in [0, 0.05) is 6.54 Å². The molecule has 0 fully saturated rings. The van der Waals surface area contributed by atoms with Crippen LogP contribution in [-0.4, -0.2) is 17.4 Å². The van der Waals surface area contributed by atoms with E-state index >= 15 is 0 Å². The highest BCUT2D eigenvalue weighted by molar-refractivity contribution is 5.99. The first-order chi connectivity index (χ1) is 7.36. The topological polar surface area (TPSA) is 29.5 Å². The number of benzene rings is 1. The minimum Gasteiger partial charge on any atom is -0.462 e. The SMILES string of the molecule is O=C1c2ccccc2OC=C2C=CCN12. The van der Waals surface area contributed by atoms with Gasteiger partial charge < -0.3 is 9.64 Å². The molecule has 0 atom stereocenters. The van der Waals surface area contributed by atoms with Crippen LogP contribution in [0.1, 0.15) is 10.4 Å². The summed E-state index contributed by atoms with van der Waals surface area (Å²) < 4.78 is 5.46. The molecule has 0 aliphatic carbocycles. The average molecular weight is 199 g/mol. The number of carbonyl (C=O) groups excluding carboxylic acids is 1. The molecule has 0 saturated heterocycles. The predicted molar refractivity (Wildman–Crippen MR) is 55.3 cm³/mol. The van der Waals surface area contributed by atoms with Gasteiger partial charge in [-0.05, 0) is 18.2 Å². The van der Waals surface area contributed by atoms with Crippen molar-refractivity contribution >= 4 is 5.91 Å². The van der Waals surface area contributed by atoms with Gasteiger partial charge in [0.2, 0.25) is 0 Å². The standard InChI is InChI=1S/C12H9NO2/c14-12-10-5-1-2-6-11(10)15-8-9-4-3-7-13(9)12/h1-6,8H,7H2. The molecular weight excluding hydrogens is 190 g/mol. The summed E-state index contributed by atoms with van der Waals surface area (Å²) in [6, 6.07) is 7.29. The number of rotatable bonds is 0. The number of fused-ring (bicyclic) bond motifs is 2. The zero-order chi connectivity index (χ0) is 10.3. The molecule has 2 aliphatic heterocycles. The third-order valence-corrected chi connectivity index (χ3v) is 2.56. The number of allylic oxidation sites excluding steroid dienone is 1. The Bertz CT molecular complexity index is 488. The summed E-state index contributed by atoms with van der Waals surface area (Å²) in [5.74, 6) is 0.622. The zero-order valence-electron chi connectivity index (χ0n) is 8.01. The molecule has 1 aromatic carbocycles. The quantitative estimate of drug-likeness (QED) is 0.639. The molecule has 15 heavy (non-hydrogen) atoms. The lowest BCUT2D eigenvalue weighted by Crippen LogP contribution is -2.25. The first-order valence-corrected chi connectivity index (χ1v) is 4.80. The van der Waals surface area contributed by atoms with Gasteiger partial charge in [-0.1, -0.05) is 18.2 Å². The molecule has 2 heterocycles. The Morgan fingerprint density at radius 1 is 1.27 bits per heavy atom. The molecule has 0 aromatic heterocycles. The highest BCUT2D eigenvalue weighted by atomic mass is 16.5. The largest absolute Gasteiger partial charge is 0.462 e. The molecule has 0 spiro atoms. The number of ether oxygens (including phenoxy) is 1. The summed E-state index contributed by atoms with van der Waals surface area (Å²) in [5.41, 5.74) is 1.43. The van der Waals surface area contributed by atoms with E-state index in [1.165, 1.54) is 0 Å². The summed E-state index contributed by atoms with van der Waals surface area (Å²) in [5, 5.41) is 0. The van der Waals surface area contributed by atoms with Gasteiger partial charge in [-0.2, -0.15) is 0 Å². The van der Waals surface area contributed by atoms with E-state index in [0.717, 1.165) is 5.70 Å². The van der Waals surface area contributed by atoms with Crippen LogP contribution < -0.4 is 4.74 Å². The van der Waals surface area contributed by atoms with Gasteiger partial charge in [-0.3, -0.25) is 4.79 Å². The maximum absolute atomic E-state index is 12.1. The van der Waals surface area contributed by atoms with Gasteiger partial charge in [0.15, 0.2) is 0 Å². The van der Waals surface area contributed by atoms with Crippen molar-refractivity contribution in [3.63, 3.8) is 0 Å². The van der Waals surface area contributed by atoms with Gasteiger partial charge in [0.05, 0.1) is 11.3 Å². The molecule has 1 amide bonds. The number of carbonyl (C=O) groups is 1. The Morgan fingerprint density at radius 3 is 3.07 bits per heavy atom. The second-order valence-electron chi connectivity index (χ2n) is 3.47. The molecule has 0 N–H and O–H groups in total. The van der Waals surface area contributed by atoms with Crippen LogP contribution in [0.5, 0.6) is 5.75 Å². The van der Waals surface area contributed by atoms with Crippen LogP contribution in [0.4, 0.5) is 0 Å². The fourth-order valence-corrected chi connectivity index (χ4v) is 1.79. The van der Waals surface area contributed by atoms with Crippen LogP contribution in [0, 0.1) is 0 Å². The molecule has 3 heteroatoms. The highest BCUT2D eigenvalue weighted by Gasteiger charge is 2.26. The van der Waals surface area contributed by atoms with Crippen molar-refractivity contribution in [2.75, 3.05) is 6.54 Å². The van der Waals surface area contributed by atoms with Crippen molar-refractivity contribution in [1.82, 2.24) is 4.90 Å². The molecule has 74 valence electrons. The molecule has 1 aromatic rings. The number of hydrogen-bond donors (Lipinski definition) is 0. The zero-order valence-corrected chi connectivity index (χ0v) is 8.01. The van der Waals surface area contributed by atoms with E-state index in [-0.39, 0.29) is 5.91 Å². The molecule has 0 unspecified atom stereocenters. The summed E-state index contributed by atoms with van der Waals surface area (Å²) in [6.45, 7) is 0.627. The lowest BCUT2D eigenvalue weighted by Gasteiger charge is -2.14. The van der Waals surface area contributed by atoms with Crippen LogP contribution in [0.2, 0.25) is 0 Å². The second kappa shape index (κ2) is 2.98. The number of hydrogen-bond acceptors (Lipinski definition) is 2. The molecular formula is C12H9NO2. The van der Waals surface area contributed by atoms with Crippen LogP contribution in [-0.2, 0) is 0 Å². The number of para-hydroxylation sites is 1. The Balaban J connectivity index is 2.14. The van der Waals surface area contributed by atoms with Crippen molar-refractivity contribution in [3.8, 4) is 5.75 Å². The van der Waals surface area contributed by atoms with Crippen LogP contribution in [0.15, 0.2) is 48.4 Å². The lowest BCUT2D eigenvalue weighted by atomic mass is 10.2. The fraction of sp³-hybridized carbons (Fsp3) is 0.0833. The minimum atomic E-state index is -0.000602. The number of nitrogens with zero attached hydrogens (tertiary/aromatic N) is 1. The van der Waals surface area contributed by atoms with Crippen LogP contribution >= 0.6 is 0 Å². The minimum absolute atomic E-state index is 0.000602. The molecule has 0 saturated carbocycles. The van der Waals surface area contributed by atoms with E-state index in [1.807, 2.05) is 24.3 Å². The Morgan fingerprint density at radius 2 is 2.13 bits per heavy atom. The summed E-state index contributed by atoms with van der Waals surface area (Å²) in [7, 11) is 0. The maximum atomic E-state index is 12.1. The fourth-order valence-electron chi connectivity index (χ4n) is 1.79. The monoisotopic (exact) mass is 199 g/mol. The van der Waals surface area contributed by atoms with Crippen LogP contribution in [0.25, 0.3) is 0 Å². The smallest absolute Gasteiger partial charge is 0.262 e. The molecule has 3 nitrogen and oxygen atoms in total. The Hall–Kier alpha value is -2.03. The third-order valence-electron chi connectivity index (χ3n) is 2.56. The first kappa shape index (κ1) is 8.29. The summed E-state index contributed by atoms with van der Waals surface area (Å²) in [6.07, 6.45) is 5.46. The molecule has 2 aliphatic rings. The lowest BCUT2D eigenvalue weighted by molar-refractivity contribution is 0.0832. The summed E-state index contributed by atoms with van der Waals surface area (Å²) in [4.78, 5) is 13.8. The van der Waals surface area contributed by atoms with Gasteiger partial charge in [-0.25, -0.2) is 0 Å². The van der Waals surface area contributed by atoms with E-state index in [4.69, 9.17) is 4.74 Å². The van der Waals surface area contributed by atoms with E-state index in [1.54, 1.807) is 23.3 Å². The van der Waals surface area contributed by atoms with Gasteiger partial charge in [0.25, 0.3) is 5.91 Å². The van der Waals surface area contributed by atoms with Gasteiger partial charge in [-0.15, -0.1) is 0 Å². The van der Waals surface area contributed by atoms with Crippen molar-refractivity contribution in [1.29, 1.82) is 0 Å². The van der Waals surface area contributed by atoms with Crippen molar-refractivity contribution < 1.29 is 9.53 Å².